The second-order valence-electron chi connectivity index (χ2n) is 4.89. The maximum absolute atomic E-state index is 11.5. The van der Waals surface area contributed by atoms with Gasteiger partial charge in [-0.2, -0.15) is 0 Å². The number of carbonyl (C=O) groups excluding carboxylic acids is 1. The highest BCUT2D eigenvalue weighted by Crippen LogP contribution is 2.23. The van der Waals surface area contributed by atoms with Gasteiger partial charge in [-0.15, -0.1) is 0 Å². The number of hydrogen-bond acceptors (Lipinski definition) is 4. The van der Waals surface area contributed by atoms with Crippen LogP contribution in [0, 0.1) is 10.1 Å². The van der Waals surface area contributed by atoms with Crippen molar-refractivity contribution in [2.75, 3.05) is 0 Å². The summed E-state index contributed by atoms with van der Waals surface area (Å²) in [4.78, 5) is 21.9. The highest BCUT2D eigenvalue weighted by Gasteiger charge is 2.18. The summed E-state index contributed by atoms with van der Waals surface area (Å²) >= 11 is 3.17. The van der Waals surface area contributed by atoms with Crippen LogP contribution >= 0.6 is 15.9 Å². The second-order valence-corrected chi connectivity index (χ2v) is 5.80. The fourth-order valence-electron chi connectivity index (χ4n) is 1.34. The van der Waals surface area contributed by atoms with E-state index in [4.69, 9.17) is 4.74 Å². The average Bonchev–Trinajstić information content (AvgIpc) is 2.24. The summed E-state index contributed by atoms with van der Waals surface area (Å²) in [5.74, 6) is 0. The Bertz CT molecular complexity index is 497. The Kier molecular flexibility index (Phi) is 4.88. The van der Waals surface area contributed by atoms with Crippen LogP contribution in [0.4, 0.5) is 10.5 Å². The third-order valence-electron chi connectivity index (χ3n) is 2.07. The molecule has 0 bridgehead atoms. The predicted molar refractivity (Wildman–Crippen MR) is 73.9 cm³/mol. The number of hydrogen-bond donors (Lipinski definition) is 1. The molecule has 1 rings (SSSR count). The Morgan fingerprint density at radius 3 is 2.63 bits per heavy atom. The maximum Gasteiger partial charge on any atom is 0.407 e. The normalized spacial score (nSPS) is 10.9. The molecule has 0 aliphatic rings. The van der Waals surface area contributed by atoms with Gasteiger partial charge in [-0.05, 0) is 32.9 Å². The fourth-order valence-corrected chi connectivity index (χ4v) is 1.69. The molecule has 0 unspecified atom stereocenters. The lowest BCUT2D eigenvalue weighted by Crippen LogP contribution is -2.32. The molecule has 0 aromatic heterocycles. The van der Waals surface area contributed by atoms with Crippen molar-refractivity contribution in [2.24, 2.45) is 0 Å². The molecule has 0 aliphatic heterocycles. The van der Waals surface area contributed by atoms with Crippen LogP contribution in [0.1, 0.15) is 26.3 Å². The number of halogens is 1. The number of ether oxygens (including phenoxy) is 1. The molecule has 0 spiro atoms. The van der Waals surface area contributed by atoms with E-state index in [1.807, 2.05) is 0 Å². The van der Waals surface area contributed by atoms with Crippen molar-refractivity contribution in [3.63, 3.8) is 0 Å². The summed E-state index contributed by atoms with van der Waals surface area (Å²) in [6, 6.07) is 4.66. The quantitative estimate of drug-likeness (QED) is 0.680. The Hall–Kier alpha value is -1.63. The van der Waals surface area contributed by atoms with Gasteiger partial charge in [0.25, 0.3) is 5.69 Å². The van der Waals surface area contributed by atoms with E-state index in [0.717, 1.165) is 0 Å². The van der Waals surface area contributed by atoms with Gasteiger partial charge < -0.3 is 10.1 Å². The highest BCUT2D eigenvalue weighted by atomic mass is 79.9. The zero-order valence-corrected chi connectivity index (χ0v) is 12.5. The van der Waals surface area contributed by atoms with E-state index in [1.54, 1.807) is 32.9 Å². The Balaban J connectivity index is 2.73. The van der Waals surface area contributed by atoms with E-state index in [0.29, 0.717) is 10.0 Å². The molecule has 0 saturated carbocycles. The molecule has 1 N–H and O–H groups in total. The van der Waals surface area contributed by atoms with E-state index in [9.17, 15) is 14.9 Å². The number of rotatable bonds is 3. The largest absolute Gasteiger partial charge is 0.444 e. The zero-order chi connectivity index (χ0) is 14.6. The Morgan fingerprint density at radius 2 is 2.11 bits per heavy atom. The molecule has 0 heterocycles. The predicted octanol–water partition coefficient (Wildman–Crippen LogP) is 3.38. The van der Waals surface area contributed by atoms with Gasteiger partial charge in [0.2, 0.25) is 0 Å². The second kappa shape index (κ2) is 6.01. The van der Waals surface area contributed by atoms with Gasteiger partial charge in [0.05, 0.1) is 11.5 Å². The number of amides is 1. The third kappa shape index (κ3) is 5.25. The minimum absolute atomic E-state index is 0.0402. The molecular weight excluding hydrogens is 316 g/mol. The molecule has 0 atom stereocenters. The fraction of sp³-hybridized carbons (Fsp3) is 0.417. The Labute approximate surface area is 119 Å². The average molecular weight is 331 g/mol. The first-order valence-electron chi connectivity index (χ1n) is 5.59. The number of alkyl carbamates (subject to hydrolysis) is 1. The SMILES string of the molecule is CC(C)(C)OC(=O)NCc1ccc(Br)cc1[N+](=O)[O-]. The van der Waals surface area contributed by atoms with Crippen molar-refractivity contribution in [2.45, 2.75) is 32.9 Å². The van der Waals surface area contributed by atoms with Gasteiger partial charge in [0.15, 0.2) is 0 Å². The van der Waals surface area contributed by atoms with Crippen LogP contribution in [0.2, 0.25) is 0 Å². The van der Waals surface area contributed by atoms with Crippen LogP contribution in [0.3, 0.4) is 0 Å². The summed E-state index contributed by atoms with van der Waals surface area (Å²) in [6.07, 6.45) is -0.607. The third-order valence-corrected chi connectivity index (χ3v) is 2.56. The molecule has 0 fully saturated rings. The highest BCUT2D eigenvalue weighted by molar-refractivity contribution is 9.10. The molecular formula is C12H15BrN2O4. The lowest BCUT2D eigenvalue weighted by Gasteiger charge is -2.19. The van der Waals surface area contributed by atoms with Crippen molar-refractivity contribution >= 4 is 27.7 Å². The van der Waals surface area contributed by atoms with Crippen molar-refractivity contribution in [3.05, 3.63) is 38.3 Å². The van der Waals surface area contributed by atoms with Crippen LogP contribution in [-0.2, 0) is 11.3 Å². The molecule has 19 heavy (non-hydrogen) atoms. The lowest BCUT2D eigenvalue weighted by molar-refractivity contribution is -0.385. The maximum atomic E-state index is 11.5. The van der Waals surface area contributed by atoms with Gasteiger partial charge in [-0.1, -0.05) is 15.9 Å². The van der Waals surface area contributed by atoms with Gasteiger partial charge >= 0.3 is 6.09 Å². The van der Waals surface area contributed by atoms with E-state index >= 15 is 0 Å². The smallest absolute Gasteiger partial charge is 0.407 e. The van der Waals surface area contributed by atoms with Crippen LogP contribution < -0.4 is 5.32 Å². The summed E-state index contributed by atoms with van der Waals surface area (Å²) in [5, 5.41) is 13.4. The first-order chi connectivity index (χ1) is 8.69. The number of benzene rings is 1. The van der Waals surface area contributed by atoms with E-state index in [-0.39, 0.29) is 12.2 Å². The molecule has 104 valence electrons. The molecule has 1 amide bonds. The number of carbonyl (C=O) groups is 1. The molecule has 0 aliphatic carbocycles. The van der Waals surface area contributed by atoms with Crippen molar-refractivity contribution in [1.82, 2.24) is 5.32 Å². The monoisotopic (exact) mass is 330 g/mol. The molecule has 6 nitrogen and oxygen atoms in total. The summed E-state index contributed by atoms with van der Waals surface area (Å²) in [6.45, 7) is 5.27. The van der Waals surface area contributed by atoms with Crippen LogP contribution in [0.15, 0.2) is 22.7 Å². The number of nitrogens with one attached hydrogen (secondary N) is 1. The number of nitrogens with zero attached hydrogens (tertiary/aromatic N) is 1. The van der Waals surface area contributed by atoms with E-state index in [2.05, 4.69) is 21.2 Å². The molecule has 0 radical (unpaired) electrons. The molecule has 1 aromatic rings. The van der Waals surface area contributed by atoms with Crippen molar-refractivity contribution in [1.29, 1.82) is 0 Å². The van der Waals surface area contributed by atoms with Crippen LogP contribution in [0.5, 0.6) is 0 Å². The standard InChI is InChI=1S/C12H15BrN2O4/c1-12(2,3)19-11(16)14-7-8-4-5-9(13)6-10(8)15(17)18/h4-6H,7H2,1-3H3,(H,14,16). The zero-order valence-electron chi connectivity index (χ0n) is 10.9. The molecule has 7 heteroatoms. The topological polar surface area (TPSA) is 81.5 Å². The van der Waals surface area contributed by atoms with Gasteiger partial charge in [0, 0.05) is 16.1 Å². The van der Waals surface area contributed by atoms with Crippen molar-refractivity contribution < 1.29 is 14.5 Å². The van der Waals surface area contributed by atoms with Crippen LogP contribution in [-0.4, -0.2) is 16.6 Å². The van der Waals surface area contributed by atoms with Crippen LogP contribution in [0.25, 0.3) is 0 Å². The summed E-state index contributed by atoms with van der Waals surface area (Å²) in [7, 11) is 0. The van der Waals surface area contributed by atoms with Crippen molar-refractivity contribution in [3.8, 4) is 0 Å². The molecule has 0 saturated heterocycles. The minimum Gasteiger partial charge on any atom is -0.444 e. The van der Waals surface area contributed by atoms with Gasteiger partial charge in [-0.25, -0.2) is 4.79 Å². The minimum atomic E-state index is -0.607. The van der Waals surface area contributed by atoms with Gasteiger partial charge in [0.1, 0.15) is 5.60 Å². The molecule has 1 aromatic carbocycles. The van der Waals surface area contributed by atoms with E-state index < -0.39 is 16.6 Å². The summed E-state index contributed by atoms with van der Waals surface area (Å²) < 4.78 is 5.67. The number of nitro groups is 1. The van der Waals surface area contributed by atoms with E-state index in [1.165, 1.54) is 6.07 Å². The summed E-state index contributed by atoms with van der Waals surface area (Å²) in [5.41, 5.74) is -0.236. The van der Waals surface area contributed by atoms with Gasteiger partial charge in [-0.3, -0.25) is 10.1 Å². The number of nitro benzene ring substituents is 1. The first-order valence-corrected chi connectivity index (χ1v) is 6.38. The lowest BCUT2D eigenvalue weighted by atomic mass is 10.2. The Morgan fingerprint density at radius 1 is 1.47 bits per heavy atom. The first kappa shape index (κ1) is 15.4.